The highest BCUT2D eigenvalue weighted by Crippen LogP contribution is 2.38. The molecule has 6 nitrogen and oxygen atoms in total. The highest BCUT2D eigenvalue weighted by Gasteiger charge is 2.31. The number of hydrogen-bond acceptors (Lipinski definition) is 4. The van der Waals surface area contributed by atoms with E-state index in [9.17, 15) is 15.0 Å². The monoisotopic (exact) mass is 472 g/mol. The first-order valence-corrected chi connectivity index (χ1v) is 10.7. The van der Waals surface area contributed by atoms with Gasteiger partial charge in [-0.15, -0.1) is 0 Å². The van der Waals surface area contributed by atoms with Crippen LogP contribution in [-0.2, 0) is 11.2 Å². The van der Waals surface area contributed by atoms with Gasteiger partial charge in [0.2, 0.25) is 6.41 Å². The number of fused-ring (bicyclic) bond motifs is 3. The van der Waals surface area contributed by atoms with Crippen molar-refractivity contribution in [3.8, 4) is 5.75 Å². The van der Waals surface area contributed by atoms with E-state index in [0.717, 1.165) is 34.1 Å². The number of aliphatic hydroxyl groups excluding tert-OH is 2. The average molecular weight is 473 g/mol. The summed E-state index contributed by atoms with van der Waals surface area (Å²) in [4.78, 5) is 17.1. The molecule has 1 aliphatic heterocycles. The summed E-state index contributed by atoms with van der Waals surface area (Å²) in [5, 5.41) is 20.0. The number of hydrogen-bond donors (Lipinski definition) is 3. The van der Waals surface area contributed by atoms with Crippen molar-refractivity contribution in [1.29, 1.82) is 0 Å². The largest absolute Gasteiger partial charge is 0.493 e. The molecule has 1 atom stereocenters. The number of carbonyl (C=O) groups is 1. The zero-order valence-corrected chi connectivity index (χ0v) is 18.4. The summed E-state index contributed by atoms with van der Waals surface area (Å²) in [5.74, 6) is 0.654. The summed E-state index contributed by atoms with van der Waals surface area (Å²) in [6.45, 7) is 2.32. The van der Waals surface area contributed by atoms with E-state index in [0.29, 0.717) is 12.3 Å². The summed E-state index contributed by atoms with van der Waals surface area (Å²) in [7, 11) is 0. The van der Waals surface area contributed by atoms with Gasteiger partial charge in [0, 0.05) is 33.0 Å². The molecule has 0 saturated heterocycles. The molecule has 1 amide bonds. The van der Waals surface area contributed by atoms with E-state index >= 15 is 0 Å². The SMILES string of the molecule is CC(CO)(CO)COc1ccc(C2c3[nH]c4ccc(Br)cc4c3CCN2C=O)cc1. The number of rotatable bonds is 7. The Labute approximate surface area is 183 Å². The third-order valence-electron chi connectivity index (χ3n) is 5.81. The second-order valence-corrected chi connectivity index (χ2v) is 9.10. The Balaban J connectivity index is 1.64. The molecule has 1 aromatic heterocycles. The van der Waals surface area contributed by atoms with Crippen molar-refractivity contribution < 1.29 is 19.7 Å². The minimum atomic E-state index is -0.691. The number of aliphatic hydroxyl groups is 2. The molecule has 0 saturated carbocycles. The quantitative estimate of drug-likeness (QED) is 0.460. The maximum atomic E-state index is 11.8. The van der Waals surface area contributed by atoms with E-state index in [1.807, 2.05) is 35.2 Å². The van der Waals surface area contributed by atoms with Crippen LogP contribution in [-0.4, -0.2) is 52.9 Å². The van der Waals surface area contributed by atoms with Crippen molar-refractivity contribution >= 4 is 33.2 Å². The molecule has 2 aromatic carbocycles. The fraction of sp³-hybridized carbons (Fsp3) is 0.348. The third-order valence-corrected chi connectivity index (χ3v) is 6.30. The van der Waals surface area contributed by atoms with E-state index in [2.05, 4.69) is 33.0 Å². The Hall–Kier alpha value is -2.35. The molecule has 4 rings (SSSR count). The summed E-state index contributed by atoms with van der Waals surface area (Å²) < 4.78 is 6.80. The van der Waals surface area contributed by atoms with Gasteiger partial charge in [-0.3, -0.25) is 4.79 Å². The Bertz CT molecular complexity index is 1040. The molecule has 7 heteroatoms. The fourth-order valence-electron chi connectivity index (χ4n) is 3.90. The topological polar surface area (TPSA) is 85.8 Å². The zero-order chi connectivity index (χ0) is 21.3. The predicted molar refractivity (Wildman–Crippen MR) is 119 cm³/mol. The van der Waals surface area contributed by atoms with E-state index in [4.69, 9.17) is 4.74 Å². The first-order valence-electron chi connectivity index (χ1n) is 9.93. The first kappa shape index (κ1) is 20.9. The number of nitrogens with zero attached hydrogens (tertiary/aromatic N) is 1. The van der Waals surface area contributed by atoms with Crippen LogP contribution >= 0.6 is 15.9 Å². The van der Waals surface area contributed by atoms with Crippen LogP contribution in [0, 0.1) is 5.41 Å². The van der Waals surface area contributed by atoms with Crippen molar-refractivity contribution in [3.63, 3.8) is 0 Å². The van der Waals surface area contributed by atoms with Crippen molar-refractivity contribution in [2.75, 3.05) is 26.4 Å². The number of carbonyl (C=O) groups excluding carboxylic acids is 1. The van der Waals surface area contributed by atoms with Gasteiger partial charge in [0.25, 0.3) is 0 Å². The second-order valence-electron chi connectivity index (χ2n) is 8.19. The molecule has 0 spiro atoms. The van der Waals surface area contributed by atoms with Gasteiger partial charge in [0.05, 0.1) is 25.9 Å². The van der Waals surface area contributed by atoms with Gasteiger partial charge in [-0.25, -0.2) is 0 Å². The number of aromatic nitrogens is 1. The van der Waals surface area contributed by atoms with Crippen LogP contribution in [0.4, 0.5) is 0 Å². The van der Waals surface area contributed by atoms with Crippen molar-refractivity contribution in [1.82, 2.24) is 9.88 Å². The summed E-state index contributed by atoms with van der Waals surface area (Å²) in [5.41, 5.74) is 3.66. The van der Waals surface area contributed by atoms with Gasteiger partial charge in [-0.05, 0) is 47.9 Å². The molecule has 30 heavy (non-hydrogen) atoms. The lowest BCUT2D eigenvalue weighted by atomic mass is 9.92. The number of aromatic amines is 1. The van der Waals surface area contributed by atoms with E-state index < -0.39 is 5.41 Å². The molecule has 3 N–H and O–H groups in total. The van der Waals surface area contributed by atoms with Crippen molar-refractivity contribution in [2.45, 2.75) is 19.4 Å². The summed E-state index contributed by atoms with van der Waals surface area (Å²) in [6, 6.07) is 13.6. The van der Waals surface area contributed by atoms with Crippen LogP contribution in [0.2, 0.25) is 0 Å². The van der Waals surface area contributed by atoms with Crippen LogP contribution in [0.25, 0.3) is 10.9 Å². The van der Waals surface area contributed by atoms with Crippen molar-refractivity contribution in [3.05, 3.63) is 63.8 Å². The lowest BCUT2D eigenvalue weighted by Gasteiger charge is -2.33. The number of nitrogens with one attached hydrogen (secondary N) is 1. The summed E-state index contributed by atoms with van der Waals surface area (Å²) in [6.07, 6.45) is 1.72. The van der Waals surface area contributed by atoms with Gasteiger partial charge < -0.3 is 24.8 Å². The summed E-state index contributed by atoms with van der Waals surface area (Å²) >= 11 is 3.55. The van der Waals surface area contributed by atoms with E-state index in [-0.39, 0.29) is 25.9 Å². The maximum absolute atomic E-state index is 11.8. The number of ether oxygens (including phenoxy) is 1. The first-order chi connectivity index (χ1) is 14.5. The van der Waals surface area contributed by atoms with Crippen LogP contribution < -0.4 is 4.74 Å². The van der Waals surface area contributed by atoms with Crippen LogP contribution in [0.15, 0.2) is 46.9 Å². The number of halogens is 1. The molecule has 0 bridgehead atoms. The van der Waals surface area contributed by atoms with E-state index in [1.54, 1.807) is 6.92 Å². The number of benzene rings is 2. The standard InChI is InChI=1S/C23H25BrN2O4/c1-23(11-27,12-28)13-30-17-5-2-15(3-6-17)22-21-18(8-9-26(22)14-29)19-10-16(24)4-7-20(19)25-21/h2-7,10,14,22,25,27-28H,8-9,11-13H2,1H3. The fourth-order valence-corrected chi connectivity index (χ4v) is 4.26. The number of amides is 1. The van der Waals surface area contributed by atoms with Crippen LogP contribution in [0.3, 0.4) is 0 Å². The smallest absolute Gasteiger partial charge is 0.210 e. The molecular weight excluding hydrogens is 448 g/mol. The van der Waals surface area contributed by atoms with Crippen LogP contribution in [0.1, 0.15) is 29.8 Å². The Morgan fingerprint density at radius 1 is 1.23 bits per heavy atom. The van der Waals surface area contributed by atoms with Gasteiger partial charge in [-0.2, -0.15) is 0 Å². The molecule has 3 aromatic rings. The van der Waals surface area contributed by atoms with Crippen LogP contribution in [0.5, 0.6) is 5.75 Å². The Morgan fingerprint density at radius 2 is 1.97 bits per heavy atom. The molecule has 0 aliphatic carbocycles. The Morgan fingerprint density at radius 3 is 2.63 bits per heavy atom. The number of H-pyrrole nitrogens is 1. The van der Waals surface area contributed by atoms with E-state index in [1.165, 1.54) is 10.9 Å². The maximum Gasteiger partial charge on any atom is 0.210 e. The predicted octanol–water partition coefficient (Wildman–Crippen LogP) is 3.40. The molecule has 1 aliphatic rings. The molecule has 158 valence electrons. The normalized spacial score (nSPS) is 16.5. The minimum Gasteiger partial charge on any atom is -0.493 e. The molecule has 1 unspecified atom stereocenters. The molecular formula is C23H25BrN2O4. The molecule has 2 heterocycles. The molecule has 0 fully saturated rings. The van der Waals surface area contributed by atoms with Gasteiger partial charge in [0.1, 0.15) is 5.75 Å². The second kappa shape index (κ2) is 8.41. The highest BCUT2D eigenvalue weighted by molar-refractivity contribution is 9.10. The van der Waals surface area contributed by atoms with Crippen molar-refractivity contribution in [2.24, 2.45) is 5.41 Å². The zero-order valence-electron chi connectivity index (χ0n) is 16.8. The highest BCUT2D eigenvalue weighted by atomic mass is 79.9. The van der Waals surface area contributed by atoms with Gasteiger partial charge in [0.15, 0.2) is 0 Å². The molecule has 0 radical (unpaired) electrons. The lowest BCUT2D eigenvalue weighted by molar-refractivity contribution is -0.120. The lowest BCUT2D eigenvalue weighted by Crippen LogP contribution is -2.35. The van der Waals surface area contributed by atoms with Gasteiger partial charge >= 0.3 is 0 Å². The third kappa shape index (κ3) is 3.85. The minimum absolute atomic E-state index is 0.156. The average Bonchev–Trinajstić information content (AvgIpc) is 3.15. The van der Waals surface area contributed by atoms with Gasteiger partial charge in [-0.1, -0.05) is 35.0 Å². The Kier molecular flexibility index (Phi) is 5.86.